The van der Waals surface area contributed by atoms with Crippen molar-refractivity contribution in [2.45, 2.75) is 12.1 Å². The number of aromatic nitrogens is 3. The van der Waals surface area contributed by atoms with E-state index in [1.807, 2.05) is 37.3 Å². The minimum Gasteiger partial charge on any atom is -0.338 e. The largest absolute Gasteiger partial charge is 0.338 e. The average Bonchev–Trinajstić information content (AvgIpc) is 3.20. The fraction of sp³-hybridized carbons (Fsp3) is 0.0909. The molecule has 0 bridgehead atoms. The van der Waals surface area contributed by atoms with E-state index in [9.17, 15) is 9.59 Å². The molecule has 1 amide bonds. The second kappa shape index (κ2) is 9.20. The van der Waals surface area contributed by atoms with Gasteiger partial charge in [0.1, 0.15) is 0 Å². The normalized spacial score (nSPS) is 10.8. The molecule has 9 heteroatoms. The molecule has 4 aromatic rings. The van der Waals surface area contributed by atoms with Gasteiger partial charge in [-0.1, -0.05) is 70.5 Å². The maximum absolute atomic E-state index is 12.4. The molecule has 156 valence electrons. The molecule has 7 nitrogen and oxygen atoms in total. The van der Waals surface area contributed by atoms with E-state index in [1.165, 1.54) is 6.07 Å². The third-order valence-corrected chi connectivity index (χ3v) is 5.47. The van der Waals surface area contributed by atoms with Gasteiger partial charge in [-0.05, 0) is 24.6 Å². The van der Waals surface area contributed by atoms with Crippen LogP contribution in [0.3, 0.4) is 0 Å². The Bertz CT molecular complexity index is 1280. The van der Waals surface area contributed by atoms with Crippen LogP contribution < -0.4 is 10.9 Å². The SMILES string of the molecule is Cc1ccc(-c2cnoc2NC(=O)CSc2nc(-c3cccc(Cl)c3)cc(=O)[nH]2)cc1. The van der Waals surface area contributed by atoms with Crippen molar-refractivity contribution < 1.29 is 9.32 Å². The number of thioether (sulfide) groups is 1. The third kappa shape index (κ3) is 5.22. The lowest BCUT2D eigenvalue weighted by molar-refractivity contribution is -0.113. The highest BCUT2D eigenvalue weighted by molar-refractivity contribution is 7.99. The number of hydrogen-bond acceptors (Lipinski definition) is 6. The Morgan fingerprint density at radius 1 is 1.16 bits per heavy atom. The topological polar surface area (TPSA) is 101 Å². The molecular weight excluding hydrogens is 436 g/mol. The van der Waals surface area contributed by atoms with Crippen LogP contribution in [-0.4, -0.2) is 26.8 Å². The second-order valence-corrected chi connectivity index (χ2v) is 8.12. The summed E-state index contributed by atoms with van der Waals surface area (Å²) in [7, 11) is 0. The number of halogens is 1. The van der Waals surface area contributed by atoms with Gasteiger partial charge in [-0.15, -0.1) is 0 Å². The van der Waals surface area contributed by atoms with Crippen LogP contribution in [0.2, 0.25) is 5.02 Å². The number of H-pyrrole nitrogens is 1. The maximum atomic E-state index is 12.4. The number of benzene rings is 2. The Kier molecular flexibility index (Phi) is 6.20. The van der Waals surface area contributed by atoms with Gasteiger partial charge < -0.3 is 9.51 Å². The molecule has 0 atom stereocenters. The molecule has 2 heterocycles. The van der Waals surface area contributed by atoms with E-state index in [0.29, 0.717) is 27.0 Å². The van der Waals surface area contributed by atoms with Gasteiger partial charge in [-0.3, -0.25) is 14.9 Å². The van der Waals surface area contributed by atoms with E-state index in [-0.39, 0.29) is 23.1 Å². The van der Waals surface area contributed by atoms with Crippen molar-refractivity contribution >= 4 is 35.2 Å². The Balaban J connectivity index is 1.45. The number of carbonyl (C=O) groups excluding carboxylic acids is 1. The van der Waals surface area contributed by atoms with Crippen LogP contribution in [0.25, 0.3) is 22.4 Å². The number of nitrogens with zero attached hydrogens (tertiary/aromatic N) is 2. The first kappa shape index (κ1) is 20.9. The summed E-state index contributed by atoms with van der Waals surface area (Å²) in [4.78, 5) is 31.5. The van der Waals surface area contributed by atoms with Gasteiger partial charge in [0.2, 0.25) is 11.8 Å². The molecule has 4 rings (SSSR count). The van der Waals surface area contributed by atoms with E-state index in [0.717, 1.165) is 22.9 Å². The predicted octanol–water partition coefficient (Wildman–Crippen LogP) is 4.78. The van der Waals surface area contributed by atoms with Crippen molar-refractivity contribution in [1.82, 2.24) is 15.1 Å². The summed E-state index contributed by atoms with van der Waals surface area (Å²) in [5.41, 5.74) is 3.58. The highest BCUT2D eigenvalue weighted by Gasteiger charge is 2.14. The summed E-state index contributed by atoms with van der Waals surface area (Å²) < 4.78 is 5.20. The van der Waals surface area contributed by atoms with Gasteiger partial charge in [0, 0.05) is 16.7 Å². The minimum atomic E-state index is -0.315. The lowest BCUT2D eigenvalue weighted by Gasteiger charge is -2.06. The van der Waals surface area contributed by atoms with Crippen molar-refractivity contribution in [3.63, 3.8) is 0 Å². The summed E-state index contributed by atoms with van der Waals surface area (Å²) in [5.74, 6) is -0.0230. The Labute approximate surface area is 186 Å². The molecule has 2 aromatic carbocycles. The van der Waals surface area contributed by atoms with Crippen LogP contribution in [0.15, 0.2) is 75.3 Å². The van der Waals surface area contributed by atoms with Crippen LogP contribution in [0.4, 0.5) is 5.88 Å². The molecule has 0 fully saturated rings. The zero-order valence-electron chi connectivity index (χ0n) is 16.4. The highest BCUT2D eigenvalue weighted by Crippen LogP contribution is 2.28. The molecular formula is C22H17ClN4O3S. The molecule has 0 saturated heterocycles. The predicted molar refractivity (Wildman–Crippen MR) is 121 cm³/mol. The van der Waals surface area contributed by atoms with Crippen molar-refractivity contribution in [3.8, 4) is 22.4 Å². The Morgan fingerprint density at radius 2 is 1.97 bits per heavy atom. The zero-order chi connectivity index (χ0) is 21.8. The maximum Gasteiger partial charge on any atom is 0.252 e. The second-order valence-electron chi connectivity index (χ2n) is 6.72. The van der Waals surface area contributed by atoms with Gasteiger partial charge >= 0.3 is 0 Å². The molecule has 31 heavy (non-hydrogen) atoms. The average molecular weight is 453 g/mol. The smallest absolute Gasteiger partial charge is 0.252 e. The highest BCUT2D eigenvalue weighted by atomic mass is 35.5. The number of nitrogens with one attached hydrogen (secondary N) is 2. The van der Waals surface area contributed by atoms with Crippen LogP contribution >= 0.6 is 23.4 Å². The number of aromatic amines is 1. The fourth-order valence-corrected chi connectivity index (χ4v) is 3.73. The number of amides is 1. The molecule has 0 aliphatic carbocycles. The molecule has 0 aliphatic rings. The van der Waals surface area contributed by atoms with E-state index in [1.54, 1.807) is 24.4 Å². The monoisotopic (exact) mass is 452 g/mol. The zero-order valence-corrected chi connectivity index (χ0v) is 18.0. The Hall–Kier alpha value is -3.36. The van der Waals surface area contributed by atoms with Gasteiger partial charge in [-0.25, -0.2) is 4.98 Å². The van der Waals surface area contributed by atoms with Crippen molar-refractivity contribution in [2.24, 2.45) is 0 Å². The van der Waals surface area contributed by atoms with Crippen molar-refractivity contribution in [2.75, 3.05) is 11.1 Å². The Morgan fingerprint density at radius 3 is 2.74 bits per heavy atom. The molecule has 0 aliphatic heterocycles. The summed E-state index contributed by atoms with van der Waals surface area (Å²) >= 11 is 7.13. The van der Waals surface area contributed by atoms with Crippen LogP contribution in [0, 0.1) is 6.92 Å². The molecule has 0 radical (unpaired) electrons. The number of aryl methyl sites for hydroxylation is 1. The molecule has 0 saturated carbocycles. The van der Waals surface area contributed by atoms with Gasteiger partial charge in [0.25, 0.3) is 5.56 Å². The van der Waals surface area contributed by atoms with Crippen molar-refractivity contribution in [1.29, 1.82) is 0 Å². The van der Waals surface area contributed by atoms with Gasteiger partial charge in [-0.2, -0.15) is 0 Å². The van der Waals surface area contributed by atoms with Gasteiger partial charge in [0.15, 0.2) is 5.16 Å². The van der Waals surface area contributed by atoms with Crippen molar-refractivity contribution in [3.05, 3.63) is 81.7 Å². The summed E-state index contributed by atoms with van der Waals surface area (Å²) in [5, 5.41) is 7.38. The molecule has 2 aromatic heterocycles. The number of anilines is 1. The van der Waals surface area contributed by atoms with E-state index >= 15 is 0 Å². The number of hydrogen-bond donors (Lipinski definition) is 2. The van der Waals surface area contributed by atoms with Crippen LogP contribution in [0.5, 0.6) is 0 Å². The first-order valence-electron chi connectivity index (χ1n) is 9.29. The summed E-state index contributed by atoms with van der Waals surface area (Å²) in [6.07, 6.45) is 1.56. The van der Waals surface area contributed by atoms with Crippen LogP contribution in [-0.2, 0) is 4.79 Å². The number of carbonyl (C=O) groups is 1. The van der Waals surface area contributed by atoms with Crippen LogP contribution in [0.1, 0.15) is 5.56 Å². The lowest BCUT2D eigenvalue weighted by Crippen LogP contribution is -2.15. The summed E-state index contributed by atoms with van der Waals surface area (Å²) in [6.45, 7) is 2.00. The minimum absolute atomic E-state index is 0.0238. The molecule has 2 N–H and O–H groups in total. The molecule has 0 unspecified atom stereocenters. The fourth-order valence-electron chi connectivity index (χ4n) is 2.86. The molecule has 0 spiro atoms. The lowest BCUT2D eigenvalue weighted by atomic mass is 10.1. The van der Waals surface area contributed by atoms with E-state index in [2.05, 4.69) is 20.4 Å². The van der Waals surface area contributed by atoms with E-state index in [4.69, 9.17) is 16.1 Å². The van der Waals surface area contributed by atoms with E-state index < -0.39 is 0 Å². The first-order valence-corrected chi connectivity index (χ1v) is 10.7. The standard InChI is InChI=1S/C22H17ClN4O3S/c1-13-5-7-14(8-6-13)17-11-24-30-21(17)26-20(29)12-31-22-25-18(10-19(28)27-22)15-3-2-4-16(23)9-15/h2-11H,12H2,1H3,(H,26,29)(H,25,27,28). The quantitative estimate of drug-likeness (QED) is 0.322. The summed E-state index contributed by atoms with van der Waals surface area (Å²) in [6, 6.07) is 16.3. The van der Waals surface area contributed by atoms with Gasteiger partial charge in [0.05, 0.1) is 23.2 Å². The number of rotatable bonds is 6. The third-order valence-electron chi connectivity index (χ3n) is 4.37. The first-order chi connectivity index (χ1) is 15.0.